The van der Waals surface area contributed by atoms with E-state index in [0.717, 1.165) is 49.7 Å². The third-order valence-corrected chi connectivity index (χ3v) is 5.59. The van der Waals surface area contributed by atoms with Crippen molar-refractivity contribution in [2.75, 3.05) is 26.2 Å². The maximum atomic E-state index is 5.61. The van der Waals surface area contributed by atoms with E-state index in [1.54, 1.807) is 0 Å². The number of fused-ring (bicyclic) bond motifs is 2. The number of nitrogens with zero attached hydrogens (tertiary/aromatic N) is 3. The molecule has 3 aliphatic rings. The van der Waals surface area contributed by atoms with Crippen LogP contribution in [-0.4, -0.2) is 41.2 Å². The van der Waals surface area contributed by atoms with Crippen LogP contribution in [0.15, 0.2) is 4.52 Å². The summed E-state index contributed by atoms with van der Waals surface area (Å²) in [7, 11) is 0. The molecule has 5 nitrogen and oxygen atoms in total. The molecule has 0 aromatic carbocycles. The van der Waals surface area contributed by atoms with E-state index in [0.29, 0.717) is 5.92 Å². The van der Waals surface area contributed by atoms with Crippen LogP contribution in [0.2, 0.25) is 0 Å². The SMILES string of the molecule is CC(c1noc(C2CC3CCC2C3)n1)N1CCNCC1. The summed E-state index contributed by atoms with van der Waals surface area (Å²) < 4.78 is 5.61. The number of nitrogens with one attached hydrogen (secondary N) is 1. The number of hydrogen-bond acceptors (Lipinski definition) is 5. The maximum Gasteiger partial charge on any atom is 0.230 e. The zero-order chi connectivity index (χ0) is 13.5. The van der Waals surface area contributed by atoms with Gasteiger partial charge in [0.25, 0.3) is 0 Å². The third kappa shape index (κ3) is 2.17. The molecule has 2 bridgehead atoms. The topological polar surface area (TPSA) is 54.2 Å². The van der Waals surface area contributed by atoms with Gasteiger partial charge in [-0.3, -0.25) is 4.90 Å². The molecule has 5 heteroatoms. The molecule has 2 aliphatic carbocycles. The summed E-state index contributed by atoms with van der Waals surface area (Å²) in [6.45, 7) is 6.45. The molecule has 1 aromatic rings. The first-order chi connectivity index (χ1) is 9.81. The summed E-state index contributed by atoms with van der Waals surface area (Å²) in [6.07, 6.45) is 5.43. The number of piperazine rings is 1. The Labute approximate surface area is 120 Å². The van der Waals surface area contributed by atoms with Gasteiger partial charge in [-0.05, 0) is 38.0 Å². The lowest BCUT2D eigenvalue weighted by atomic mass is 9.89. The second-order valence-electron chi connectivity index (χ2n) is 6.73. The largest absolute Gasteiger partial charge is 0.339 e. The maximum absolute atomic E-state index is 5.61. The second-order valence-corrected chi connectivity index (χ2v) is 6.73. The fraction of sp³-hybridized carbons (Fsp3) is 0.867. The van der Waals surface area contributed by atoms with Crippen molar-refractivity contribution in [2.45, 2.75) is 44.6 Å². The van der Waals surface area contributed by atoms with E-state index in [-0.39, 0.29) is 6.04 Å². The number of rotatable bonds is 3. The summed E-state index contributed by atoms with van der Waals surface area (Å²) in [5.74, 6) is 4.07. The van der Waals surface area contributed by atoms with E-state index in [1.807, 2.05) is 0 Å². The average Bonchev–Trinajstić information content (AvgIpc) is 3.23. The Kier molecular flexibility index (Phi) is 3.27. The molecular weight excluding hydrogens is 252 g/mol. The van der Waals surface area contributed by atoms with Crippen molar-refractivity contribution in [3.05, 3.63) is 11.7 Å². The summed E-state index contributed by atoms with van der Waals surface area (Å²) in [5.41, 5.74) is 0. The lowest BCUT2D eigenvalue weighted by Gasteiger charge is -2.30. The highest BCUT2D eigenvalue weighted by Gasteiger charge is 2.43. The van der Waals surface area contributed by atoms with E-state index >= 15 is 0 Å². The molecule has 4 unspecified atom stereocenters. The normalized spacial score (nSPS) is 35.5. The van der Waals surface area contributed by atoms with Gasteiger partial charge in [-0.15, -0.1) is 0 Å². The predicted octanol–water partition coefficient (Wildman–Crippen LogP) is 1.94. The van der Waals surface area contributed by atoms with E-state index < -0.39 is 0 Å². The van der Waals surface area contributed by atoms with Crippen molar-refractivity contribution >= 4 is 0 Å². The fourth-order valence-electron chi connectivity index (χ4n) is 4.35. The molecule has 2 heterocycles. The smallest absolute Gasteiger partial charge is 0.230 e. The van der Waals surface area contributed by atoms with Crippen LogP contribution >= 0.6 is 0 Å². The quantitative estimate of drug-likeness (QED) is 0.914. The van der Waals surface area contributed by atoms with Crippen molar-refractivity contribution in [2.24, 2.45) is 11.8 Å². The lowest BCUT2D eigenvalue weighted by Crippen LogP contribution is -2.44. The molecule has 0 radical (unpaired) electrons. The minimum atomic E-state index is 0.271. The van der Waals surface area contributed by atoms with Crippen molar-refractivity contribution < 1.29 is 4.52 Å². The molecular formula is C15H24N4O. The van der Waals surface area contributed by atoms with Crippen molar-refractivity contribution in [3.8, 4) is 0 Å². The van der Waals surface area contributed by atoms with Crippen LogP contribution in [0, 0.1) is 11.8 Å². The number of hydrogen-bond donors (Lipinski definition) is 1. The fourth-order valence-corrected chi connectivity index (χ4v) is 4.35. The molecule has 2 saturated carbocycles. The molecule has 0 amide bonds. The van der Waals surface area contributed by atoms with Crippen molar-refractivity contribution in [1.82, 2.24) is 20.4 Å². The highest BCUT2D eigenvalue weighted by atomic mass is 16.5. The standard InChI is InChI=1S/C15H24N4O/c1-10(19-6-4-16-5-7-19)14-17-15(20-18-14)13-9-11-2-3-12(13)8-11/h10-13,16H,2-9H2,1H3. The molecule has 1 aromatic heterocycles. The highest BCUT2D eigenvalue weighted by Crippen LogP contribution is 2.52. The zero-order valence-electron chi connectivity index (χ0n) is 12.2. The number of aromatic nitrogens is 2. The Balaban J connectivity index is 1.47. The molecule has 1 saturated heterocycles. The van der Waals surface area contributed by atoms with Crippen LogP contribution in [0.3, 0.4) is 0 Å². The van der Waals surface area contributed by atoms with Crippen molar-refractivity contribution in [3.63, 3.8) is 0 Å². The Morgan fingerprint density at radius 1 is 1.25 bits per heavy atom. The van der Waals surface area contributed by atoms with E-state index in [1.165, 1.54) is 25.7 Å². The first-order valence-corrected chi connectivity index (χ1v) is 8.09. The molecule has 1 N–H and O–H groups in total. The van der Waals surface area contributed by atoms with Crippen LogP contribution in [0.1, 0.15) is 56.3 Å². The van der Waals surface area contributed by atoms with Gasteiger partial charge in [0, 0.05) is 32.1 Å². The van der Waals surface area contributed by atoms with Crippen LogP contribution in [0.25, 0.3) is 0 Å². The Morgan fingerprint density at radius 2 is 2.10 bits per heavy atom. The van der Waals surface area contributed by atoms with Gasteiger partial charge >= 0.3 is 0 Å². The molecule has 1 aliphatic heterocycles. The molecule has 4 rings (SSSR count). The Hall–Kier alpha value is -0.940. The molecule has 4 atom stereocenters. The average molecular weight is 276 g/mol. The zero-order valence-corrected chi connectivity index (χ0v) is 12.2. The molecule has 20 heavy (non-hydrogen) atoms. The highest BCUT2D eigenvalue weighted by molar-refractivity contribution is 5.06. The summed E-state index contributed by atoms with van der Waals surface area (Å²) in [4.78, 5) is 7.18. The lowest BCUT2D eigenvalue weighted by molar-refractivity contribution is 0.176. The van der Waals surface area contributed by atoms with E-state index in [2.05, 4.69) is 22.3 Å². The van der Waals surface area contributed by atoms with Gasteiger partial charge in [0.15, 0.2) is 5.82 Å². The molecule has 110 valence electrons. The monoisotopic (exact) mass is 276 g/mol. The Morgan fingerprint density at radius 3 is 2.80 bits per heavy atom. The first-order valence-electron chi connectivity index (χ1n) is 8.09. The van der Waals surface area contributed by atoms with Gasteiger partial charge in [-0.25, -0.2) is 0 Å². The second kappa shape index (κ2) is 5.11. The van der Waals surface area contributed by atoms with E-state index in [9.17, 15) is 0 Å². The van der Waals surface area contributed by atoms with Gasteiger partial charge in [-0.2, -0.15) is 4.98 Å². The van der Waals surface area contributed by atoms with Gasteiger partial charge in [-0.1, -0.05) is 11.6 Å². The minimum Gasteiger partial charge on any atom is -0.339 e. The first kappa shape index (κ1) is 12.8. The van der Waals surface area contributed by atoms with Crippen molar-refractivity contribution in [1.29, 1.82) is 0 Å². The predicted molar refractivity (Wildman–Crippen MR) is 75.3 cm³/mol. The van der Waals surface area contributed by atoms with Crippen LogP contribution in [0.5, 0.6) is 0 Å². The Bertz CT molecular complexity index is 468. The molecule has 0 spiro atoms. The third-order valence-electron chi connectivity index (χ3n) is 5.59. The summed E-state index contributed by atoms with van der Waals surface area (Å²) in [6, 6.07) is 0.271. The van der Waals surface area contributed by atoms with Gasteiger partial charge in [0.05, 0.1) is 6.04 Å². The summed E-state index contributed by atoms with van der Waals surface area (Å²) in [5, 5.41) is 7.65. The van der Waals surface area contributed by atoms with Gasteiger partial charge < -0.3 is 9.84 Å². The molecule has 3 fully saturated rings. The minimum absolute atomic E-state index is 0.271. The van der Waals surface area contributed by atoms with Crippen LogP contribution in [-0.2, 0) is 0 Å². The van der Waals surface area contributed by atoms with E-state index in [4.69, 9.17) is 9.51 Å². The van der Waals surface area contributed by atoms with Crippen LogP contribution < -0.4 is 5.32 Å². The van der Waals surface area contributed by atoms with Crippen LogP contribution in [0.4, 0.5) is 0 Å². The van der Waals surface area contributed by atoms with Gasteiger partial charge in [0.1, 0.15) is 0 Å². The van der Waals surface area contributed by atoms with Gasteiger partial charge in [0.2, 0.25) is 5.89 Å². The summed E-state index contributed by atoms with van der Waals surface area (Å²) >= 11 is 0.